The van der Waals surface area contributed by atoms with Gasteiger partial charge in [-0.25, -0.2) is 9.78 Å². The van der Waals surface area contributed by atoms with Crippen LogP contribution in [0.2, 0.25) is 0 Å². The molecule has 3 heterocycles. The van der Waals surface area contributed by atoms with Crippen molar-refractivity contribution in [2.24, 2.45) is 5.92 Å². The maximum Gasteiger partial charge on any atom is 0.353 e. The van der Waals surface area contributed by atoms with Crippen LogP contribution in [0, 0.1) is 5.92 Å². The lowest BCUT2D eigenvalue weighted by Crippen LogP contribution is -2.65. The number of nitrogens with zero attached hydrogens (tertiary/aromatic N) is 2. The molecule has 1 aromatic heterocycles. The molecule has 1 amide bonds. The number of amides is 1. The highest BCUT2D eigenvalue weighted by Gasteiger charge is 2.59. The molecule has 2 aliphatic heterocycles. The lowest BCUT2D eigenvalue weighted by atomic mass is 9.76. The number of carboxylic acids is 1. The molecule has 1 aromatic rings. The molecule has 116 valence electrons. The third-order valence-electron chi connectivity index (χ3n) is 3.95. The first-order chi connectivity index (χ1) is 10.3. The van der Waals surface area contributed by atoms with Gasteiger partial charge in [0.15, 0.2) is 0 Å². The van der Waals surface area contributed by atoms with E-state index in [0.717, 1.165) is 0 Å². The van der Waals surface area contributed by atoms with Crippen LogP contribution in [0.1, 0.15) is 20.3 Å². The van der Waals surface area contributed by atoms with E-state index in [2.05, 4.69) is 4.98 Å². The Hall–Kier alpha value is -1.86. The summed E-state index contributed by atoms with van der Waals surface area (Å²) < 4.78 is 0. The Labute approximate surface area is 131 Å². The lowest BCUT2D eigenvalue weighted by Gasteiger charge is -2.48. The molecule has 2 unspecified atom stereocenters. The fourth-order valence-electron chi connectivity index (χ4n) is 3.07. The number of aromatic nitrogens is 1. The quantitative estimate of drug-likeness (QED) is 0.817. The van der Waals surface area contributed by atoms with E-state index in [1.807, 2.05) is 6.07 Å². The number of carbonyl (C=O) groups is 2. The van der Waals surface area contributed by atoms with Crippen LogP contribution in [-0.2, 0) is 9.59 Å². The van der Waals surface area contributed by atoms with Crippen LogP contribution in [0.25, 0.3) is 0 Å². The fraction of sp³-hybridized carbons (Fsp3) is 0.400. The molecule has 0 spiro atoms. The van der Waals surface area contributed by atoms with Crippen molar-refractivity contribution >= 4 is 23.6 Å². The summed E-state index contributed by atoms with van der Waals surface area (Å²) in [5.41, 5.74) is -1.14. The fourth-order valence-corrected chi connectivity index (χ4v) is 4.12. The summed E-state index contributed by atoms with van der Waals surface area (Å²) in [4.78, 5) is 29.9. The number of aliphatic carboxylic acids is 1. The molecule has 1 fully saturated rings. The van der Waals surface area contributed by atoms with Crippen molar-refractivity contribution in [1.29, 1.82) is 0 Å². The smallest absolute Gasteiger partial charge is 0.353 e. The van der Waals surface area contributed by atoms with Crippen LogP contribution in [0.15, 0.2) is 40.0 Å². The number of thioether (sulfide) groups is 1. The van der Waals surface area contributed by atoms with Crippen molar-refractivity contribution in [2.75, 3.05) is 0 Å². The van der Waals surface area contributed by atoms with Gasteiger partial charge in [0.05, 0.1) is 17.6 Å². The topological polar surface area (TPSA) is 90.7 Å². The van der Waals surface area contributed by atoms with Gasteiger partial charge in [-0.3, -0.25) is 4.79 Å². The maximum atomic E-state index is 12.2. The minimum atomic E-state index is -1.16. The number of fused-ring (bicyclic) bond motifs is 1. The third-order valence-corrected chi connectivity index (χ3v) is 5.01. The Kier molecular flexibility index (Phi) is 3.49. The second-order valence-corrected chi connectivity index (χ2v) is 7.07. The minimum absolute atomic E-state index is 0.0196. The van der Waals surface area contributed by atoms with E-state index in [4.69, 9.17) is 0 Å². The Bertz CT molecular complexity index is 666. The van der Waals surface area contributed by atoms with Crippen LogP contribution in [-0.4, -0.2) is 43.6 Å². The van der Waals surface area contributed by atoms with E-state index in [-0.39, 0.29) is 17.6 Å². The summed E-state index contributed by atoms with van der Waals surface area (Å²) in [6.07, 6.45) is 2.07. The van der Waals surface area contributed by atoms with Gasteiger partial charge >= 0.3 is 5.97 Å². The molecule has 0 bridgehead atoms. The van der Waals surface area contributed by atoms with E-state index < -0.39 is 17.5 Å². The van der Waals surface area contributed by atoms with Gasteiger partial charge in [0, 0.05) is 17.5 Å². The molecule has 22 heavy (non-hydrogen) atoms. The highest BCUT2D eigenvalue weighted by molar-refractivity contribution is 8.03. The highest BCUT2D eigenvalue weighted by atomic mass is 32.2. The Morgan fingerprint density at radius 3 is 2.73 bits per heavy atom. The zero-order valence-electron chi connectivity index (χ0n) is 12.2. The van der Waals surface area contributed by atoms with Gasteiger partial charge in [-0.05, 0) is 26.0 Å². The molecule has 1 saturated heterocycles. The van der Waals surface area contributed by atoms with Gasteiger partial charge in [0.25, 0.3) is 0 Å². The summed E-state index contributed by atoms with van der Waals surface area (Å²) in [6, 6.07) is 5.11. The van der Waals surface area contributed by atoms with Gasteiger partial charge in [-0.2, -0.15) is 0 Å². The number of rotatable bonds is 4. The Morgan fingerprint density at radius 2 is 2.18 bits per heavy atom. The summed E-state index contributed by atoms with van der Waals surface area (Å²) in [7, 11) is 0. The highest BCUT2D eigenvalue weighted by Crippen LogP contribution is 2.50. The summed E-state index contributed by atoms with van der Waals surface area (Å²) in [6.45, 7) is 3.16. The molecule has 0 radical (unpaired) electrons. The largest absolute Gasteiger partial charge is 0.477 e. The predicted molar refractivity (Wildman–Crippen MR) is 79.8 cm³/mol. The first-order valence-corrected chi connectivity index (χ1v) is 7.73. The average Bonchev–Trinajstić information content (AvgIpc) is 2.72. The number of hydrogen-bond acceptors (Lipinski definition) is 5. The maximum absolute atomic E-state index is 12.2. The second-order valence-electron chi connectivity index (χ2n) is 5.96. The van der Waals surface area contributed by atoms with Crippen LogP contribution < -0.4 is 0 Å². The lowest BCUT2D eigenvalue weighted by molar-refractivity contribution is -0.169. The first-order valence-electron chi connectivity index (χ1n) is 6.91. The van der Waals surface area contributed by atoms with E-state index in [1.54, 1.807) is 32.2 Å². The number of aliphatic hydroxyl groups is 1. The monoisotopic (exact) mass is 320 g/mol. The van der Waals surface area contributed by atoms with Crippen LogP contribution >= 0.6 is 11.8 Å². The average molecular weight is 320 g/mol. The van der Waals surface area contributed by atoms with Gasteiger partial charge in [-0.15, -0.1) is 0 Å². The van der Waals surface area contributed by atoms with E-state index in [1.165, 1.54) is 16.7 Å². The molecule has 0 aromatic carbocycles. The SMILES string of the molecule is CC(C)(O)C1C(=O)N2C(C(=O)O)=C(Sc3ccccn3)CC12. The minimum Gasteiger partial charge on any atom is -0.477 e. The molecule has 7 heteroatoms. The van der Waals surface area contributed by atoms with Crippen molar-refractivity contribution in [3.8, 4) is 0 Å². The van der Waals surface area contributed by atoms with Crippen LogP contribution in [0.3, 0.4) is 0 Å². The van der Waals surface area contributed by atoms with Gasteiger partial charge in [-0.1, -0.05) is 17.8 Å². The molecule has 0 saturated carbocycles. The predicted octanol–water partition coefficient (Wildman–Crippen LogP) is 1.47. The zero-order chi connectivity index (χ0) is 16.1. The first kappa shape index (κ1) is 15.1. The molecule has 3 rings (SSSR count). The molecular weight excluding hydrogens is 304 g/mol. The summed E-state index contributed by atoms with van der Waals surface area (Å²) >= 11 is 1.26. The van der Waals surface area contributed by atoms with E-state index >= 15 is 0 Å². The number of pyridine rings is 1. The van der Waals surface area contributed by atoms with E-state index in [0.29, 0.717) is 16.4 Å². The Morgan fingerprint density at radius 1 is 1.45 bits per heavy atom. The van der Waals surface area contributed by atoms with Gasteiger partial charge in [0.1, 0.15) is 10.7 Å². The summed E-state index contributed by atoms with van der Waals surface area (Å²) in [5.74, 6) is -2.02. The number of hydrogen-bond donors (Lipinski definition) is 2. The third kappa shape index (κ3) is 2.30. The second kappa shape index (κ2) is 5.10. The molecular formula is C15H16N2O4S. The number of carboxylic acid groups (broad SMARTS) is 1. The van der Waals surface area contributed by atoms with Crippen molar-refractivity contribution in [1.82, 2.24) is 9.88 Å². The standard InChI is InChI=1S/C15H16N2O4S/c1-15(2,21)11-8-7-9(22-10-5-3-4-6-16-10)12(14(19)20)17(8)13(11)18/h3-6,8,11,21H,7H2,1-2H3,(H,19,20). The van der Waals surface area contributed by atoms with Crippen molar-refractivity contribution in [3.63, 3.8) is 0 Å². The van der Waals surface area contributed by atoms with E-state index in [9.17, 15) is 19.8 Å². The number of β-lactam (4-membered cyclic amide) rings is 1. The van der Waals surface area contributed by atoms with Gasteiger partial charge in [0.2, 0.25) is 5.91 Å². The molecule has 2 atom stereocenters. The Balaban J connectivity index is 1.91. The van der Waals surface area contributed by atoms with Gasteiger partial charge < -0.3 is 15.1 Å². The van der Waals surface area contributed by atoms with Crippen LogP contribution in [0.5, 0.6) is 0 Å². The molecule has 2 aliphatic rings. The molecule has 6 nitrogen and oxygen atoms in total. The summed E-state index contributed by atoms with van der Waals surface area (Å²) in [5, 5.41) is 20.3. The zero-order valence-corrected chi connectivity index (χ0v) is 13.0. The molecule has 2 N–H and O–H groups in total. The normalized spacial score (nSPS) is 24.3. The van der Waals surface area contributed by atoms with Crippen molar-refractivity contribution in [3.05, 3.63) is 35.0 Å². The van der Waals surface area contributed by atoms with Crippen molar-refractivity contribution < 1.29 is 19.8 Å². The van der Waals surface area contributed by atoms with Crippen molar-refractivity contribution in [2.45, 2.75) is 36.9 Å². The van der Waals surface area contributed by atoms with Crippen LogP contribution in [0.4, 0.5) is 0 Å². The molecule has 0 aliphatic carbocycles. The number of carbonyl (C=O) groups excluding carboxylic acids is 1.